The molecule has 1 rings (SSSR count). The fourth-order valence-corrected chi connectivity index (χ4v) is 11.9. The van der Waals surface area contributed by atoms with E-state index < -0.39 is 155 Å². The van der Waals surface area contributed by atoms with Gasteiger partial charge in [-0.05, 0) is 101 Å². The van der Waals surface area contributed by atoms with Crippen molar-refractivity contribution in [2.45, 2.75) is 255 Å². The van der Waals surface area contributed by atoms with Gasteiger partial charge in [0.1, 0.15) is 60.4 Å². The Kier molecular flexibility index (Phi) is 34.6. The maximum absolute atomic E-state index is 15.4. The number of nitrogens with one attached hydrogen (secondary N) is 5. The molecule has 1 aliphatic rings. The zero-order valence-electron chi connectivity index (χ0n) is 60.8. The first-order valence-corrected chi connectivity index (χ1v) is 33.4. The summed E-state index contributed by atoms with van der Waals surface area (Å²) in [6.07, 6.45) is 4.11. The average molecular weight is 1300 g/mol. The van der Waals surface area contributed by atoms with Gasteiger partial charge in [-0.25, -0.2) is 0 Å². The highest BCUT2D eigenvalue weighted by atomic mass is 16.3. The molecule has 6 N–H and O–H groups in total. The molecule has 0 saturated carbocycles. The summed E-state index contributed by atoms with van der Waals surface area (Å²) in [7, 11) is 10.0. The second-order valence-electron chi connectivity index (χ2n) is 28.7. The van der Waals surface area contributed by atoms with E-state index >= 15 is 19.2 Å². The van der Waals surface area contributed by atoms with Gasteiger partial charge in [0.15, 0.2) is 0 Å². The van der Waals surface area contributed by atoms with Crippen molar-refractivity contribution in [2.24, 2.45) is 41.4 Å². The molecular formula is C67H122N12O13. The van der Waals surface area contributed by atoms with Crippen LogP contribution < -0.4 is 26.6 Å². The molecule has 0 aromatic rings. The van der Waals surface area contributed by atoms with Crippen molar-refractivity contribution in [1.82, 2.24) is 60.9 Å². The fraction of sp³-hybridized carbons (Fsp3) is 0.821. The maximum atomic E-state index is 15.4. The van der Waals surface area contributed by atoms with E-state index in [0.717, 1.165) is 35.5 Å². The first kappa shape index (κ1) is 83.6. The highest BCUT2D eigenvalue weighted by Gasteiger charge is 2.45. The second kappa shape index (κ2) is 38.1. The van der Waals surface area contributed by atoms with Crippen LogP contribution in [0.4, 0.5) is 0 Å². The Morgan fingerprint density at radius 1 is 0.511 bits per heavy atom. The van der Waals surface area contributed by atoms with Crippen LogP contribution in [0.3, 0.4) is 0 Å². The minimum atomic E-state index is -1.54. The van der Waals surface area contributed by atoms with Gasteiger partial charge in [0.2, 0.25) is 70.9 Å². The summed E-state index contributed by atoms with van der Waals surface area (Å²) in [5.41, 5.74) is -1.54. The summed E-state index contributed by atoms with van der Waals surface area (Å²) >= 11 is 0. The van der Waals surface area contributed by atoms with E-state index in [9.17, 15) is 43.5 Å². The quantitative estimate of drug-likeness (QED) is 0.0948. The zero-order chi connectivity index (χ0) is 71.3. The number of rotatable bonds is 20. The third-order valence-corrected chi connectivity index (χ3v) is 17.8. The molecule has 12 amide bonds. The van der Waals surface area contributed by atoms with Crippen LogP contribution in [0.5, 0.6) is 0 Å². The molecule has 0 aromatic heterocycles. The Morgan fingerprint density at radius 2 is 0.967 bits per heavy atom. The van der Waals surface area contributed by atoms with E-state index in [1.54, 1.807) is 34.6 Å². The smallest absolute Gasteiger partial charge is 0.246 e. The van der Waals surface area contributed by atoms with Gasteiger partial charge in [0.05, 0.1) is 12.1 Å². The molecule has 528 valence electrons. The van der Waals surface area contributed by atoms with E-state index in [2.05, 4.69) is 26.6 Å². The molecule has 0 bridgehead atoms. The number of carbonyl (C=O) groups is 12. The van der Waals surface area contributed by atoms with Crippen LogP contribution >= 0.6 is 0 Å². The first-order chi connectivity index (χ1) is 42.4. The Morgan fingerprint density at radius 3 is 1.45 bits per heavy atom. The monoisotopic (exact) mass is 1300 g/mol. The van der Waals surface area contributed by atoms with Gasteiger partial charge in [0, 0.05) is 69.2 Å². The molecule has 0 aromatic carbocycles. The number of aliphatic hydroxyl groups is 1. The van der Waals surface area contributed by atoms with Crippen LogP contribution in [0.2, 0.25) is 0 Å². The largest absolute Gasteiger partial charge is 0.390 e. The second-order valence-corrected chi connectivity index (χ2v) is 28.7. The van der Waals surface area contributed by atoms with Gasteiger partial charge < -0.3 is 66.0 Å². The molecular weight excluding hydrogens is 1180 g/mol. The topological polar surface area (TPSA) is 308 Å². The number of nitrogens with zero attached hydrogens (tertiary/aromatic N) is 7. The lowest BCUT2D eigenvalue weighted by molar-refractivity contribution is -0.156. The number of hydrogen-bond donors (Lipinski definition) is 6. The summed E-state index contributed by atoms with van der Waals surface area (Å²) in [5.74, 6) is -9.73. The maximum Gasteiger partial charge on any atom is 0.246 e. The summed E-state index contributed by atoms with van der Waals surface area (Å²) < 4.78 is 0. The van der Waals surface area contributed by atoms with Crippen molar-refractivity contribution >= 4 is 70.9 Å². The normalized spacial score (nSPS) is 25.7. The van der Waals surface area contributed by atoms with Gasteiger partial charge in [-0.15, -0.1) is 0 Å². The van der Waals surface area contributed by atoms with E-state index in [1.165, 1.54) is 108 Å². The highest BCUT2D eigenvalue weighted by Crippen LogP contribution is 2.29. The van der Waals surface area contributed by atoms with Gasteiger partial charge >= 0.3 is 0 Å². The van der Waals surface area contributed by atoms with Crippen molar-refractivity contribution in [3.63, 3.8) is 0 Å². The summed E-state index contributed by atoms with van der Waals surface area (Å²) in [6.45, 7) is 30.9. The summed E-state index contributed by atoms with van der Waals surface area (Å²) in [4.78, 5) is 182. The molecule has 12 atom stereocenters. The first-order valence-electron chi connectivity index (χ1n) is 33.4. The summed E-state index contributed by atoms with van der Waals surface area (Å²) in [6, 6.07) is -12.2. The minimum Gasteiger partial charge on any atom is -0.390 e. The molecule has 25 nitrogen and oxygen atoms in total. The number of carbonyl (C=O) groups excluding carboxylic acids is 12. The van der Waals surface area contributed by atoms with Gasteiger partial charge in [-0.2, -0.15) is 0 Å². The van der Waals surface area contributed by atoms with E-state index in [1.807, 2.05) is 55.4 Å². The van der Waals surface area contributed by atoms with Crippen molar-refractivity contribution in [2.75, 3.05) is 62.4 Å². The molecule has 0 aliphatic carbocycles. The molecule has 25 heteroatoms. The third kappa shape index (κ3) is 25.1. The Bertz CT molecular complexity index is 2500. The Labute approximate surface area is 551 Å². The summed E-state index contributed by atoms with van der Waals surface area (Å²) in [5, 5.41) is 25.0. The molecule has 1 saturated heterocycles. The lowest BCUT2D eigenvalue weighted by Crippen LogP contribution is -2.62. The van der Waals surface area contributed by atoms with Crippen molar-refractivity contribution in [3.05, 3.63) is 0 Å². The van der Waals surface area contributed by atoms with Crippen molar-refractivity contribution < 1.29 is 62.6 Å². The van der Waals surface area contributed by atoms with Gasteiger partial charge in [-0.3, -0.25) is 57.5 Å². The van der Waals surface area contributed by atoms with E-state index in [4.69, 9.17) is 0 Å². The SMILES string of the molecule is CC[C@@H]1NC(=O)[C@H]([C@H](C)[C@H](C)CCCCCCNC(C)=O)N(C)C(=O)[C@H](C(C)C)N(C)C(=O)[C@H](CC(C)C)N(C)C(=O)[C@H](CC(C)C)N(C)C(=O)[C@@H](C)NC(=O)[C@H](C)NC(=O)[C@H](CC(C)C)N(C)C(=O)[C@H](C(C)C)NC(=O)[C@H](CC(C)(C)O)N(C)C(=O)CN(C)C1=O. The lowest BCUT2D eigenvalue weighted by atomic mass is 9.83. The van der Waals surface area contributed by atoms with Crippen LogP contribution in [0.25, 0.3) is 0 Å². The number of amides is 12. The third-order valence-electron chi connectivity index (χ3n) is 17.8. The van der Waals surface area contributed by atoms with E-state index in [-0.39, 0.29) is 61.7 Å². The van der Waals surface area contributed by atoms with Gasteiger partial charge in [0.25, 0.3) is 0 Å². The molecule has 0 spiro atoms. The van der Waals surface area contributed by atoms with Crippen molar-refractivity contribution in [1.29, 1.82) is 0 Å². The van der Waals surface area contributed by atoms with Gasteiger partial charge in [-0.1, -0.05) is 116 Å². The zero-order valence-corrected chi connectivity index (χ0v) is 60.8. The van der Waals surface area contributed by atoms with Crippen LogP contribution in [0, 0.1) is 41.4 Å². The number of likely N-dealkylation sites (N-methyl/N-ethyl adjacent to an activating group) is 7. The predicted molar refractivity (Wildman–Crippen MR) is 355 cm³/mol. The Hall–Kier alpha value is -6.40. The van der Waals surface area contributed by atoms with Crippen LogP contribution in [-0.2, 0) is 57.5 Å². The fourth-order valence-electron chi connectivity index (χ4n) is 11.9. The standard InChI is InChI=1S/C67H122N12O13/c1-26-48-62(87)73(19)37-53(81)74(20)52(36-67(17,18)92)59(84)72-54(41(8)9)65(90)75(21)49(33-38(2)3)58(83)69-45(14)57(82)70-46(15)61(86)76(22)50(34-39(4)5)63(88)77(23)51(35-40(6)7)64(89)78(24)55(42(10)11)66(91)79(25)56(60(85)71-48)44(13)43(12)31-29-27-28-30-32-68-47(16)80/h38-46,48-52,54-56,92H,26-37H2,1-25H3,(H,68,80)(H,69,83)(H,70,82)(H,71,85)(H,72,84)/t43-,44-,45+,46-,48+,49+,50+,51+,52+,54+,55+,56+/m1/s1. The number of unbranched alkanes of at least 4 members (excludes halogenated alkanes) is 3. The molecule has 0 radical (unpaired) electrons. The number of hydrogen-bond acceptors (Lipinski definition) is 13. The molecule has 1 aliphatic heterocycles. The van der Waals surface area contributed by atoms with Crippen LogP contribution in [-0.4, -0.2) is 239 Å². The van der Waals surface area contributed by atoms with Crippen LogP contribution in [0.1, 0.15) is 189 Å². The average Bonchev–Trinajstić information content (AvgIpc) is 1.11. The van der Waals surface area contributed by atoms with Crippen LogP contribution in [0.15, 0.2) is 0 Å². The predicted octanol–water partition coefficient (Wildman–Crippen LogP) is 3.78. The lowest BCUT2D eigenvalue weighted by Gasteiger charge is -2.42. The molecule has 1 heterocycles. The Balaban J connectivity index is 4.34. The van der Waals surface area contributed by atoms with E-state index in [0.29, 0.717) is 13.0 Å². The minimum absolute atomic E-state index is 0.0542. The van der Waals surface area contributed by atoms with Crippen molar-refractivity contribution in [3.8, 4) is 0 Å². The molecule has 1 fully saturated rings. The molecule has 0 unspecified atom stereocenters. The molecule has 92 heavy (non-hydrogen) atoms. The highest BCUT2D eigenvalue weighted by molar-refractivity contribution is 5.99.